The second kappa shape index (κ2) is 8.24. The minimum atomic E-state index is -4.52. The molecule has 2 aliphatic carbocycles. The number of rotatable bonds is 4. The van der Waals surface area contributed by atoms with Crippen LogP contribution in [0.4, 0.5) is 19.0 Å². The molecule has 35 heavy (non-hydrogen) atoms. The Kier molecular flexibility index (Phi) is 5.45. The fraction of sp³-hybridized carbons (Fsp3) is 0.423. The number of fused-ring (bicyclic) bond motifs is 3. The van der Waals surface area contributed by atoms with Crippen LogP contribution in [0.3, 0.4) is 0 Å². The zero-order chi connectivity index (χ0) is 25.0. The zero-order valence-electron chi connectivity index (χ0n) is 19.4. The number of hydrogen-bond donors (Lipinski definition) is 1. The highest BCUT2D eigenvalue weighted by molar-refractivity contribution is 5.72. The number of nitrogens with one attached hydrogen (secondary N) is 1. The Bertz CT molecular complexity index is 1410. The third-order valence-corrected chi connectivity index (χ3v) is 7.60. The van der Waals surface area contributed by atoms with Gasteiger partial charge in [-0.2, -0.15) is 18.4 Å². The Hall–Kier alpha value is -3.63. The number of allylic oxidation sites excluding steroid dienone is 1. The summed E-state index contributed by atoms with van der Waals surface area (Å²) in [6, 6.07) is 4.83. The molecule has 0 unspecified atom stereocenters. The van der Waals surface area contributed by atoms with Crippen LogP contribution in [0, 0.1) is 31.1 Å². The maximum absolute atomic E-state index is 13.5. The molecule has 1 aromatic heterocycles. The molecular formula is C26H24F3N5O. The Morgan fingerprint density at radius 2 is 1.97 bits per heavy atom. The Labute approximate surface area is 200 Å². The molecule has 6 nitrogen and oxygen atoms in total. The number of nitriles is 1. The van der Waals surface area contributed by atoms with Crippen LogP contribution in [0.25, 0.3) is 12.3 Å². The average Bonchev–Trinajstić information content (AvgIpc) is 3.43. The van der Waals surface area contributed by atoms with Crippen LogP contribution in [-0.2, 0) is 11.0 Å². The largest absolute Gasteiger partial charge is 0.416 e. The van der Waals surface area contributed by atoms with Gasteiger partial charge in [0.15, 0.2) is 5.94 Å². The normalized spacial score (nSPS) is 23.6. The van der Waals surface area contributed by atoms with Gasteiger partial charge < -0.3 is 10.2 Å². The fourth-order valence-electron chi connectivity index (χ4n) is 5.91. The van der Waals surface area contributed by atoms with E-state index >= 15 is 0 Å². The second-order valence-electron chi connectivity index (χ2n) is 9.64. The number of anilines is 1. The molecule has 1 aromatic carbocycles. The number of aromatic nitrogens is 2. The summed E-state index contributed by atoms with van der Waals surface area (Å²) >= 11 is 0. The maximum Gasteiger partial charge on any atom is 0.416 e. The highest BCUT2D eigenvalue weighted by atomic mass is 19.4. The molecule has 0 spiro atoms. The van der Waals surface area contributed by atoms with E-state index in [0.717, 1.165) is 38.2 Å². The fourth-order valence-corrected chi connectivity index (χ4v) is 5.91. The van der Waals surface area contributed by atoms with Gasteiger partial charge in [0.1, 0.15) is 23.4 Å². The number of halogens is 3. The van der Waals surface area contributed by atoms with Crippen molar-refractivity contribution in [3.63, 3.8) is 0 Å². The van der Waals surface area contributed by atoms with Crippen LogP contribution in [0.15, 0.2) is 23.9 Å². The molecule has 2 bridgehead atoms. The minimum Gasteiger partial charge on any atom is -0.350 e. The van der Waals surface area contributed by atoms with Crippen molar-refractivity contribution in [2.45, 2.75) is 63.7 Å². The van der Waals surface area contributed by atoms with Crippen molar-refractivity contribution in [2.75, 3.05) is 5.32 Å². The molecule has 1 atom stereocenters. The first-order valence-corrected chi connectivity index (χ1v) is 11.6. The summed E-state index contributed by atoms with van der Waals surface area (Å²) in [6.07, 6.45) is 4.18. The monoisotopic (exact) mass is 479 g/mol. The number of benzene rings is 1. The van der Waals surface area contributed by atoms with Gasteiger partial charge in [-0.05, 0) is 75.1 Å². The first-order chi connectivity index (χ1) is 16.6. The van der Waals surface area contributed by atoms with Gasteiger partial charge in [0.2, 0.25) is 0 Å². The summed E-state index contributed by atoms with van der Waals surface area (Å²) in [5.41, 5.74) is -0.301. The SMILES string of the molecule is Cc1nc(N[C@H](C#N)c2cccc(C(F)(F)F)c2C)c2c(n1)=CC(=C=O)N(C13CCC(CC1)C3)C=2. The van der Waals surface area contributed by atoms with Gasteiger partial charge in [0, 0.05) is 11.7 Å². The molecule has 2 aromatic rings. The van der Waals surface area contributed by atoms with Crippen molar-refractivity contribution in [3.8, 4) is 6.07 Å². The topological polar surface area (TPSA) is 81.9 Å². The zero-order valence-corrected chi connectivity index (χ0v) is 19.4. The van der Waals surface area contributed by atoms with Crippen LogP contribution in [0.1, 0.15) is 60.7 Å². The molecule has 5 rings (SSSR count). The summed E-state index contributed by atoms with van der Waals surface area (Å²) in [6.45, 7) is 3.05. The lowest BCUT2D eigenvalue weighted by Gasteiger charge is -2.39. The molecule has 0 radical (unpaired) electrons. The lowest BCUT2D eigenvalue weighted by Crippen LogP contribution is -2.48. The van der Waals surface area contributed by atoms with Crippen molar-refractivity contribution in [2.24, 2.45) is 5.92 Å². The van der Waals surface area contributed by atoms with Crippen LogP contribution >= 0.6 is 0 Å². The predicted molar refractivity (Wildman–Crippen MR) is 123 cm³/mol. The summed E-state index contributed by atoms with van der Waals surface area (Å²) in [5, 5.41) is 14.1. The molecule has 1 N–H and O–H groups in total. The van der Waals surface area contributed by atoms with Crippen molar-refractivity contribution >= 4 is 24.0 Å². The van der Waals surface area contributed by atoms with Crippen LogP contribution in [0.5, 0.6) is 0 Å². The average molecular weight is 480 g/mol. The van der Waals surface area contributed by atoms with Crippen molar-refractivity contribution in [3.05, 3.63) is 57.0 Å². The van der Waals surface area contributed by atoms with Crippen LogP contribution in [0.2, 0.25) is 0 Å². The molecule has 0 amide bonds. The van der Waals surface area contributed by atoms with E-state index in [-0.39, 0.29) is 16.7 Å². The maximum atomic E-state index is 13.5. The van der Waals surface area contributed by atoms with Gasteiger partial charge in [-0.1, -0.05) is 12.1 Å². The number of aryl methyl sites for hydroxylation is 1. The number of nitrogens with zero attached hydrogens (tertiary/aromatic N) is 4. The molecule has 2 fully saturated rings. The molecule has 2 saturated carbocycles. The summed E-state index contributed by atoms with van der Waals surface area (Å²) < 4.78 is 40.4. The van der Waals surface area contributed by atoms with E-state index in [1.807, 2.05) is 11.1 Å². The third kappa shape index (κ3) is 3.88. The van der Waals surface area contributed by atoms with E-state index in [9.17, 15) is 23.2 Å². The number of hydrogen-bond acceptors (Lipinski definition) is 6. The molecule has 0 saturated heterocycles. The third-order valence-electron chi connectivity index (χ3n) is 7.60. The van der Waals surface area contributed by atoms with Crippen molar-refractivity contribution < 1.29 is 18.0 Å². The van der Waals surface area contributed by atoms with Crippen LogP contribution in [-0.4, -0.2) is 26.3 Å². The summed E-state index contributed by atoms with van der Waals surface area (Å²) in [7, 11) is 0. The van der Waals surface area contributed by atoms with E-state index in [1.165, 1.54) is 19.1 Å². The van der Waals surface area contributed by atoms with Gasteiger partial charge >= 0.3 is 6.18 Å². The standard InChI is InChI=1S/C26H24F3N5O/c1-15-19(4-3-5-21(15)26(27,28)29)23(12-30)33-24-20-13-34(25-8-6-17(11-25)7-9-25)18(14-35)10-22(20)31-16(2)32-24/h3-5,10,13,17,23H,6-9,11H2,1-2H3,(H,31,32,33)/t17?,23-,25?/m1/s1. The van der Waals surface area contributed by atoms with Crippen LogP contribution < -0.4 is 15.9 Å². The molecule has 1 aliphatic heterocycles. The highest BCUT2D eigenvalue weighted by Gasteiger charge is 2.49. The van der Waals surface area contributed by atoms with Gasteiger partial charge in [0.05, 0.1) is 22.2 Å². The lowest BCUT2D eigenvalue weighted by molar-refractivity contribution is -0.138. The lowest BCUT2D eigenvalue weighted by atomic mass is 9.91. The Balaban J connectivity index is 1.61. The molecular weight excluding hydrogens is 455 g/mol. The van der Waals surface area contributed by atoms with E-state index in [1.54, 1.807) is 13.0 Å². The van der Waals surface area contributed by atoms with E-state index in [4.69, 9.17) is 0 Å². The van der Waals surface area contributed by atoms with E-state index < -0.39 is 17.8 Å². The number of carbonyl (C=O) groups excluding carboxylic acids is 1. The summed E-state index contributed by atoms with van der Waals surface area (Å²) in [5.74, 6) is 3.46. The molecule has 9 heteroatoms. The number of alkyl halides is 3. The molecule has 2 heterocycles. The summed E-state index contributed by atoms with van der Waals surface area (Å²) in [4.78, 5) is 22.8. The Morgan fingerprint density at radius 3 is 2.57 bits per heavy atom. The van der Waals surface area contributed by atoms with Crippen molar-refractivity contribution in [1.29, 1.82) is 5.26 Å². The smallest absolute Gasteiger partial charge is 0.350 e. The van der Waals surface area contributed by atoms with Gasteiger partial charge in [-0.3, -0.25) is 0 Å². The first-order valence-electron chi connectivity index (χ1n) is 11.6. The Morgan fingerprint density at radius 1 is 1.23 bits per heavy atom. The minimum absolute atomic E-state index is 0.0103. The molecule has 3 aliphatic rings. The predicted octanol–water partition coefficient (Wildman–Crippen LogP) is 3.67. The first kappa shape index (κ1) is 23.1. The van der Waals surface area contributed by atoms with Gasteiger partial charge in [0.25, 0.3) is 0 Å². The van der Waals surface area contributed by atoms with Gasteiger partial charge in [-0.25, -0.2) is 14.8 Å². The van der Waals surface area contributed by atoms with Crippen molar-refractivity contribution in [1.82, 2.24) is 14.9 Å². The highest BCUT2D eigenvalue weighted by Crippen LogP contribution is 2.52. The van der Waals surface area contributed by atoms with E-state index in [2.05, 4.69) is 27.3 Å². The molecule has 180 valence electrons. The van der Waals surface area contributed by atoms with Gasteiger partial charge in [-0.15, -0.1) is 0 Å². The quantitative estimate of drug-likeness (QED) is 0.674. The van der Waals surface area contributed by atoms with E-state index in [0.29, 0.717) is 33.8 Å². The second-order valence-corrected chi connectivity index (χ2v) is 9.64.